The first kappa shape index (κ1) is 33.0. The molecule has 2 amide bonds. The minimum atomic E-state index is -0.796. The standard InChI is InChI=1S/C32H38N4O7S/c1-20(2)29(28-16-21(3)35-43-28)32(40)36-18-25(38)17-27(36)31(39)34-22(4)23-7-9-24(10-8-23)30-26(33-19-44-30)6-5-12-41-14-15-42-13-11-37/h7-11,16,19-20,22,25,27,29,38H,12-15,17-18H2,1-4H3,(H,34,39)/t22-,25+,27-,29+/m0/s1. The number of carbonyl (C=O) groups is 3. The third-order valence-electron chi connectivity index (χ3n) is 7.29. The van der Waals surface area contributed by atoms with E-state index < -0.39 is 18.1 Å². The maximum absolute atomic E-state index is 13.6. The molecule has 0 saturated carbocycles. The highest BCUT2D eigenvalue weighted by molar-refractivity contribution is 7.13. The van der Waals surface area contributed by atoms with Gasteiger partial charge >= 0.3 is 0 Å². The predicted octanol–water partition coefficient (Wildman–Crippen LogP) is 3.27. The number of thiazole rings is 1. The Morgan fingerprint density at radius 3 is 2.66 bits per heavy atom. The molecule has 0 aliphatic carbocycles. The van der Waals surface area contributed by atoms with Gasteiger partial charge in [0.2, 0.25) is 11.8 Å². The number of aldehydes is 1. The van der Waals surface area contributed by atoms with E-state index >= 15 is 0 Å². The van der Waals surface area contributed by atoms with Gasteiger partial charge in [0.05, 0.1) is 41.4 Å². The second-order valence-electron chi connectivity index (χ2n) is 11.0. The summed E-state index contributed by atoms with van der Waals surface area (Å²) in [5, 5.41) is 17.4. The number of aliphatic hydroxyl groups excluding tert-OH is 1. The number of aliphatic hydroxyl groups is 1. The van der Waals surface area contributed by atoms with Gasteiger partial charge in [-0.3, -0.25) is 9.59 Å². The average Bonchev–Trinajstić information content (AvgIpc) is 3.74. The number of rotatable bonds is 13. The van der Waals surface area contributed by atoms with E-state index in [9.17, 15) is 19.5 Å². The van der Waals surface area contributed by atoms with E-state index in [1.807, 2.05) is 45.0 Å². The molecule has 1 aliphatic heterocycles. The maximum Gasteiger partial charge on any atom is 0.243 e. The molecule has 0 unspecified atom stereocenters. The molecule has 234 valence electrons. The van der Waals surface area contributed by atoms with E-state index in [0.717, 1.165) is 16.0 Å². The molecule has 44 heavy (non-hydrogen) atoms. The van der Waals surface area contributed by atoms with Crippen LogP contribution >= 0.6 is 11.3 Å². The summed E-state index contributed by atoms with van der Waals surface area (Å²) in [6.45, 7) is 8.53. The summed E-state index contributed by atoms with van der Waals surface area (Å²) >= 11 is 1.48. The Labute approximate surface area is 260 Å². The Morgan fingerprint density at radius 1 is 1.23 bits per heavy atom. The van der Waals surface area contributed by atoms with Gasteiger partial charge in [0.1, 0.15) is 42.9 Å². The second kappa shape index (κ2) is 15.7. The number of nitrogens with one attached hydrogen (secondary N) is 1. The van der Waals surface area contributed by atoms with Gasteiger partial charge < -0.3 is 34.1 Å². The minimum Gasteiger partial charge on any atom is -0.391 e. The van der Waals surface area contributed by atoms with Gasteiger partial charge in [0, 0.05) is 19.0 Å². The van der Waals surface area contributed by atoms with Crippen LogP contribution in [-0.4, -0.2) is 83.4 Å². The van der Waals surface area contributed by atoms with E-state index in [2.05, 4.69) is 27.3 Å². The highest BCUT2D eigenvalue weighted by atomic mass is 32.1. The number of amides is 2. The zero-order chi connectivity index (χ0) is 31.6. The van der Waals surface area contributed by atoms with Crippen LogP contribution in [0.3, 0.4) is 0 Å². The zero-order valence-corrected chi connectivity index (χ0v) is 26.1. The molecule has 3 aromatic rings. The largest absolute Gasteiger partial charge is 0.391 e. The molecule has 0 radical (unpaired) electrons. The summed E-state index contributed by atoms with van der Waals surface area (Å²) in [5.41, 5.74) is 4.89. The van der Waals surface area contributed by atoms with Crippen LogP contribution in [0.5, 0.6) is 0 Å². The van der Waals surface area contributed by atoms with Crippen molar-refractivity contribution in [1.29, 1.82) is 0 Å². The molecule has 1 aromatic carbocycles. The van der Waals surface area contributed by atoms with Gasteiger partial charge in [-0.1, -0.05) is 49.2 Å². The number of aromatic nitrogens is 2. The monoisotopic (exact) mass is 622 g/mol. The summed E-state index contributed by atoms with van der Waals surface area (Å²) in [5.74, 6) is 5.17. The molecule has 4 rings (SSSR count). The summed E-state index contributed by atoms with van der Waals surface area (Å²) in [7, 11) is 0. The number of carbonyl (C=O) groups excluding carboxylic acids is 3. The fourth-order valence-electron chi connectivity index (χ4n) is 5.10. The fourth-order valence-corrected chi connectivity index (χ4v) is 5.85. The van der Waals surface area contributed by atoms with Crippen molar-refractivity contribution in [2.75, 3.05) is 33.0 Å². The maximum atomic E-state index is 13.6. The molecule has 2 N–H and O–H groups in total. The number of nitrogens with zero attached hydrogens (tertiary/aromatic N) is 3. The number of hydrogen-bond acceptors (Lipinski definition) is 10. The third-order valence-corrected chi connectivity index (χ3v) is 8.16. The molecule has 1 aliphatic rings. The number of β-amino-alcohol motifs (C(OH)–C–C–N with tert-alkyl or cyclic N) is 1. The summed E-state index contributed by atoms with van der Waals surface area (Å²) in [6, 6.07) is 8.40. The smallest absolute Gasteiger partial charge is 0.243 e. The lowest BCUT2D eigenvalue weighted by Gasteiger charge is -2.29. The number of ether oxygens (including phenoxy) is 2. The number of aryl methyl sites for hydroxylation is 1. The zero-order valence-electron chi connectivity index (χ0n) is 25.3. The summed E-state index contributed by atoms with van der Waals surface area (Å²) < 4.78 is 15.8. The van der Waals surface area contributed by atoms with Gasteiger partial charge in [-0.05, 0) is 36.8 Å². The SMILES string of the molecule is Cc1cc([C@H](C(=O)N2C[C@H](O)C[C@H]2C(=O)N[C@@H](C)c2ccc(-c3scnc3C#CCOCCOCC=O)cc2)C(C)C)on1. The van der Waals surface area contributed by atoms with Gasteiger partial charge in [-0.15, -0.1) is 11.3 Å². The van der Waals surface area contributed by atoms with Crippen LogP contribution in [0, 0.1) is 24.7 Å². The molecule has 2 aromatic heterocycles. The van der Waals surface area contributed by atoms with Crippen molar-refractivity contribution in [2.24, 2.45) is 5.92 Å². The Kier molecular flexibility index (Phi) is 11.8. The van der Waals surface area contributed by atoms with Crippen molar-refractivity contribution in [3.05, 3.63) is 58.6 Å². The molecule has 3 heterocycles. The highest BCUT2D eigenvalue weighted by Crippen LogP contribution is 2.32. The molecule has 11 nitrogen and oxygen atoms in total. The van der Waals surface area contributed by atoms with E-state index in [4.69, 9.17) is 14.0 Å². The van der Waals surface area contributed by atoms with Gasteiger partial charge in [0.15, 0.2) is 0 Å². The van der Waals surface area contributed by atoms with Crippen molar-refractivity contribution >= 4 is 29.4 Å². The lowest BCUT2D eigenvalue weighted by Crippen LogP contribution is -2.48. The van der Waals surface area contributed by atoms with Gasteiger partial charge in [-0.25, -0.2) is 4.98 Å². The number of likely N-dealkylation sites (tertiary alicyclic amines) is 1. The van der Waals surface area contributed by atoms with Crippen molar-refractivity contribution in [2.45, 2.75) is 58.2 Å². The quantitative estimate of drug-likeness (QED) is 0.167. The van der Waals surface area contributed by atoms with Crippen LogP contribution in [-0.2, 0) is 23.9 Å². The second-order valence-corrected chi connectivity index (χ2v) is 11.8. The predicted molar refractivity (Wildman–Crippen MR) is 164 cm³/mol. The minimum absolute atomic E-state index is 0.0510. The van der Waals surface area contributed by atoms with Crippen molar-refractivity contribution in [3.8, 4) is 22.3 Å². The van der Waals surface area contributed by atoms with Crippen LogP contribution in [0.4, 0.5) is 0 Å². The van der Waals surface area contributed by atoms with E-state index in [1.54, 1.807) is 18.5 Å². The van der Waals surface area contributed by atoms with Crippen LogP contribution in [0.1, 0.15) is 61.9 Å². The van der Waals surface area contributed by atoms with E-state index in [1.165, 1.54) is 16.2 Å². The topological polar surface area (TPSA) is 144 Å². The van der Waals surface area contributed by atoms with Crippen molar-refractivity contribution in [1.82, 2.24) is 20.4 Å². The number of benzene rings is 1. The molecule has 0 bridgehead atoms. The first-order chi connectivity index (χ1) is 21.2. The Morgan fingerprint density at radius 2 is 1.98 bits per heavy atom. The summed E-state index contributed by atoms with van der Waals surface area (Å²) in [6.07, 6.45) is 0.0645. The average molecular weight is 623 g/mol. The first-order valence-corrected chi connectivity index (χ1v) is 15.4. The Hall–Kier alpha value is -3.89. The molecule has 0 spiro atoms. The van der Waals surface area contributed by atoms with Crippen LogP contribution in [0.15, 0.2) is 40.4 Å². The van der Waals surface area contributed by atoms with Crippen LogP contribution in [0.2, 0.25) is 0 Å². The first-order valence-electron chi connectivity index (χ1n) is 14.5. The molecule has 1 saturated heterocycles. The molecular formula is C32H38N4O7S. The molecule has 12 heteroatoms. The molecule has 4 atom stereocenters. The van der Waals surface area contributed by atoms with E-state index in [0.29, 0.717) is 36.6 Å². The highest BCUT2D eigenvalue weighted by Gasteiger charge is 2.43. The lowest BCUT2D eigenvalue weighted by molar-refractivity contribution is -0.141. The molecular weight excluding hydrogens is 584 g/mol. The van der Waals surface area contributed by atoms with Gasteiger partial charge in [-0.2, -0.15) is 0 Å². The lowest BCUT2D eigenvalue weighted by atomic mass is 9.91. The fraction of sp³-hybridized carbons (Fsp3) is 0.469. The Balaban J connectivity index is 1.37. The summed E-state index contributed by atoms with van der Waals surface area (Å²) in [4.78, 5) is 44.1. The van der Waals surface area contributed by atoms with Crippen LogP contribution in [0.25, 0.3) is 10.4 Å². The van der Waals surface area contributed by atoms with E-state index in [-0.39, 0.29) is 50.0 Å². The van der Waals surface area contributed by atoms with Crippen LogP contribution < -0.4 is 5.32 Å². The number of hydrogen-bond donors (Lipinski definition) is 2. The molecule has 1 fully saturated rings. The Bertz CT molecular complexity index is 1470. The normalized spacial score (nSPS) is 17.6. The third kappa shape index (κ3) is 8.39. The van der Waals surface area contributed by atoms with Gasteiger partial charge in [0.25, 0.3) is 0 Å². The van der Waals surface area contributed by atoms with Crippen molar-refractivity contribution < 1.29 is 33.5 Å². The van der Waals surface area contributed by atoms with Crippen molar-refractivity contribution in [3.63, 3.8) is 0 Å².